The maximum atomic E-state index is 8.33. The molecule has 0 aliphatic rings. The van der Waals surface area contributed by atoms with E-state index in [2.05, 4.69) is 4.74 Å². The molecule has 0 aromatic carbocycles. The van der Waals surface area contributed by atoms with Gasteiger partial charge in [0, 0.05) is 7.11 Å². The first kappa shape index (κ1) is 6.43. The van der Waals surface area contributed by atoms with Gasteiger partial charge in [-0.05, 0) is 0 Å². The van der Waals surface area contributed by atoms with Gasteiger partial charge in [0.05, 0.1) is 6.23 Å². The van der Waals surface area contributed by atoms with E-state index in [0.29, 0.717) is 6.23 Å². The van der Waals surface area contributed by atoms with Gasteiger partial charge in [0.2, 0.25) is 0 Å². The second kappa shape index (κ2) is 3.61. The molecule has 0 radical (unpaired) electrons. The van der Waals surface area contributed by atoms with Crippen LogP contribution in [-0.2, 0) is 4.74 Å². The monoisotopic (exact) mass is 126 g/mol. The summed E-state index contributed by atoms with van der Waals surface area (Å²) in [6, 6.07) is 0. The summed E-state index contributed by atoms with van der Waals surface area (Å²) in [6.45, 7) is 0. The summed E-state index contributed by atoms with van der Waals surface area (Å²) in [4.78, 5) is 8.33. The van der Waals surface area contributed by atoms with E-state index < -0.39 is 8.35 Å². The van der Waals surface area contributed by atoms with Crippen molar-refractivity contribution < 1.29 is 9.53 Å². The van der Waals surface area contributed by atoms with Gasteiger partial charge in [0.25, 0.3) is 8.35 Å². The minimum Gasteiger partial charge on any atom is -0.420 e. The van der Waals surface area contributed by atoms with Gasteiger partial charge in [0.15, 0.2) is 0 Å². The van der Waals surface area contributed by atoms with Crippen molar-refractivity contribution >= 4 is 19.4 Å². The molecule has 0 heterocycles. The first-order valence-corrected chi connectivity index (χ1v) is 4.66. The highest BCUT2D eigenvalue weighted by Gasteiger charge is 1.95. The number of hydrogen-bond acceptors (Lipinski definition) is 2. The summed E-state index contributed by atoms with van der Waals surface area (Å²) in [5.41, 5.74) is 0. The number of halogens is 1. The molecule has 0 aromatic rings. The average molecular weight is 127 g/mol. The van der Waals surface area contributed by atoms with Gasteiger partial charge in [-0.1, -0.05) is 0 Å². The fourth-order valence-electron chi connectivity index (χ4n) is 0.138. The van der Waals surface area contributed by atoms with Crippen molar-refractivity contribution in [2.45, 2.75) is 0 Å². The van der Waals surface area contributed by atoms with Crippen LogP contribution in [0.25, 0.3) is 0 Å². The third-order valence-corrected chi connectivity index (χ3v) is 1.29. The Kier molecular flexibility index (Phi) is 3.87. The van der Waals surface area contributed by atoms with E-state index in [9.17, 15) is 0 Å². The molecule has 0 rings (SSSR count). The van der Waals surface area contributed by atoms with E-state index in [1.54, 1.807) is 0 Å². The van der Waals surface area contributed by atoms with Crippen LogP contribution in [0.4, 0.5) is 0 Å². The van der Waals surface area contributed by atoms with E-state index in [1.807, 2.05) is 0 Å². The summed E-state index contributed by atoms with van der Waals surface area (Å²) >= 11 is 5.15. The first-order valence-electron chi connectivity index (χ1n) is 1.58. The zero-order chi connectivity index (χ0) is 4.99. The highest BCUT2D eigenvalue weighted by atomic mass is 35.6. The van der Waals surface area contributed by atoms with E-state index in [4.69, 9.17) is 15.9 Å². The van der Waals surface area contributed by atoms with Crippen LogP contribution in [0.3, 0.4) is 0 Å². The predicted octanol–water partition coefficient (Wildman–Crippen LogP) is -0.376. The predicted molar refractivity (Wildman–Crippen MR) is 27.1 cm³/mol. The van der Waals surface area contributed by atoms with Crippen molar-refractivity contribution in [2.24, 2.45) is 0 Å². The summed E-state index contributed by atoms with van der Waals surface area (Å²) in [6.07, 6.45) is 0.335. The summed E-state index contributed by atoms with van der Waals surface area (Å²) in [5, 5.41) is 0. The van der Waals surface area contributed by atoms with Crippen LogP contribution in [0, 0.1) is 0 Å². The Morgan fingerprint density at radius 2 is 2.50 bits per heavy atom. The third-order valence-electron chi connectivity index (χ3n) is 0.304. The molecule has 2 nitrogen and oxygen atoms in total. The fourth-order valence-corrected chi connectivity index (χ4v) is 0.791. The van der Waals surface area contributed by atoms with Gasteiger partial charge < -0.3 is 9.53 Å². The number of rotatable bonds is 2. The minimum absolute atomic E-state index is 0.335. The first-order chi connectivity index (χ1) is 2.77. The van der Waals surface area contributed by atoms with Gasteiger partial charge >= 0.3 is 0 Å². The van der Waals surface area contributed by atoms with Crippen molar-refractivity contribution in [3.05, 3.63) is 0 Å². The van der Waals surface area contributed by atoms with Crippen LogP contribution < -0.4 is 0 Å². The molecular weight excluding hydrogens is 120 g/mol. The molecule has 0 fully saturated rings. The molecule has 4 heteroatoms. The van der Waals surface area contributed by atoms with Crippen molar-refractivity contribution in [3.8, 4) is 0 Å². The molecule has 0 amide bonds. The average Bonchev–Trinajstić information content (AvgIpc) is 1.35. The molecule has 0 saturated carbocycles. The van der Waals surface area contributed by atoms with Crippen LogP contribution in [0.1, 0.15) is 0 Å². The smallest absolute Gasteiger partial charge is 0.297 e. The largest absolute Gasteiger partial charge is 0.420 e. The van der Waals surface area contributed by atoms with Crippen molar-refractivity contribution in [3.63, 3.8) is 0 Å². The lowest BCUT2D eigenvalue weighted by atomic mass is 11.5. The molecular formula is C2H7ClO2Si. The number of methoxy groups -OCH3 is 1. The van der Waals surface area contributed by atoms with E-state index in [-0.39, 0.29) is 0 Å². The lowest BCUT2D eigenvalue weighted by Gasteiger charge is -1.92. The SMILES string of the molecule is COC[SiH](O)Cl. The Bertz CT molecular complexity index is 32.7. The summed E-state index contributed by atoms with van der Waals surface area (Å²) in [5.74, 6) is 0. The van der Waals surface area contributed by atoms with Gasteiger partial charge in [0.1, 0.15) is 0 Å². The Morgan fingerprint density at radius 3 is 2.50 bits per heavy atom. The standard InChI is InChI=1S/C2H7ClO2Si/c1-5-2-6(3)4/h4,6H,2H2,1H3. The second-order valence-electron chi connectivity index (χ2n) is 0.890. The van der Waals surface area contributed by atoms with Crippen LogP contribution in [0.2, 0.25) is 0 Å². The van der Waals surface area contributed by atoms with Crippen LogP contribution in [0.15, 0.2) is 0 Å². The molecule has 38 valence electrons. The number of hydrogen-bond donors (Lipinski definition) is 1. The maximum absolute atomic E-state index is 8.33. The van der Waals surface area contributed by atoms with E-state index in [1.165, 1.54) is 7.11 Å². The molecule has 0 aliphatic carbocycles. The highest BCUT2D eigenvalue weighted by Crippen LogP contribution is 1.80. The topological polar surface area (TPSA) is 29.5 Å². The summed E-state index contributed by atoms with van der Waals surface area (Å²) in [7, 11) is -0.408. The zero-order valence-electron chi connectivity index (χ0n) is 3.52. The molecule has 1 N–H and O–H groups in total. The molecule has 0 aromatic heterocycles. The van der Waals surface area contributed by atoms with Gasteiger partial charge in [-0.3, -0.25) is 0 Å². The zero-order valence-corrected chi connectivity index (χ0v) is 5.43. The molecule has 0 spiro atoms. The maximum Gasteiger partial charge on any atom is 0.297 e. The van der Waals surface area contributed by atoms with Crippen LogP contribution in [0.5, 0.6) is 0 Å². The Balaban J connectivity index is 2.63. The van der Waals surface area contributed by atoms with Gasteiger partial charge in [-0.15, -0.1) is 11.1 Å². The molecule has 1 atom stereocenters. The van der Waals surface area contributed by atoms with Crippen LogP contribution in [-0.4, -0.2) is 26.5 Å². The third kappa shape index (κ3) is 4.43. The lowest BCUT2D eigenvalue weighted by Crippen LogP contribution is -2.10. The van der Waals surface area contributed by atoms with Crippen LogP contribution >= 0.6 is 11.1 Å². The lowest BCUT2D eigenvalue weighted by molar-refractivity contribution is 0.240. The Morgan fingerprint density at radius 1 is 2.00 bits per heavy atom. The van der Waals surface area contributed by atoms with E-state index in [0.717, 1.165) is 0 Å². The quantitative estimate of drug-likeness (QED) is 0.404. The normalized spacial score (nSPS) is 14.5. The summed E-state index contributed by atoms with van der Waals surface area (Å²) < 4.78 is 4.48. The van der Waals surface area contributed by atoms with E-state index >= 15 is 0 Å². The number of ether oxygens (including phenoxy) is 1. The molecule has 6 heavy (non-hydrogen) atoms. The highest BCUT2D eigenvalue weighted by molar-refractivity contribution is 7.02. The molecule has 0 bridgehead atoms. The molecule has 1 unspecified atom stereocenters. The van der Waals surface area contributed by atoms with Crippen molar-refractivity contribution in [1.82, 2.24) is 0 Å². The second-order valence-corrected chi connectivity index (χ2v) is 3.60. The Labute approximate surface area is 43.1 Å². The molecule has 0 aliphatic heterocycles. The fraction of sp³-hybridized carbons (Fsp3) is 1.00. The molecule has 0 saturated heterocycles. The van der Waals surface area contributed by atoms with Gasteiger partial charge in [-0.25, -0.2) is 0 Å². The Hall–Kier alpha value is 0.427. The minimum atomic E-state index is -1.92. The van der Waals surface area contributed by atoms with Crippen molar-refractivity contribution in [2.75, 3.05) is 13.3 Å². The van der Waals surface area contributed by atoms with Gasteiger partial charge in [-0.2, -0.15) is 0 Å². The van der Waals surface area contributed by atoms with Crippen molar-refractivity contribution in [1.29, 1.82) is 0 Å².